The Morgan fingerprint density at radius 3 is 3.08 bits per heavy atom. The van der Waals surface area contributed by atoms with E-state index in [9.17, 15) is 4.79 Å². The fourth-order valence-corrected chi connectivity index (χ4v) is 4.62. The number of rotatable bonds is 2. The third-order valence-corrected chi connectivity index (χ3v) is 5.87. The highest BCUT2D eigenvalue weighted by molar-refractivity contribution is 7.99. The van der Waals surface area contributed by atoms with E-state index in [-0.39, 0.29) is 18.1 Å². The molecule has 0 spiro atoms. The second kappa shape index (κ2) is 6.84. The fraction of sp³-hybridized carbons (Fsp3) is 0.471. The molecule has 0 aliphatic carbocycles. The topological polar surface area (TPSA) is 63.1 Å². The summed E-state index contributed by atoms with van der Waals surface area (Å²) in [7, 11) is 0. The van der Waals surface area contributed by atoms with E-state index in [0.29, 0.717) is 6.54 Å². The molecule has 1 saturated heterocycles. The lowest BCUT2D eigenvalue weighted by Crippen LogP contribution is -2.47. The standard InChI is InChI=1S/C17H21N5OS/c23-17(20-15-7-9-24-16-6-2-1-5-14(15)16)21-8-3-4-13(10-21)22-12-18-11-19-22/h1-2,5-6,11-13,15H,3-4,7-10H2,(H,20,23)/t13-,15+/m1/s1. The van der Waals surface area contributed by atoms with Gasteiger partial charge < -0.3 is 10.2 Å². The van der Waals surface area contributed by atoms with Crippen LogP contribution in [0.1, 0.15) is 36.9 Å². The van der Waals surface area contributed by atoms with Crippen LogP contribution in [0.25, 0.3) is 0 Å². The Labute approximate surface area is 145 Å². The highest BCUT2D eigenvalue weighted by Crippen LogP contribution is 2.36. The molecule has 7 heteroatoms. The fourth-order valence-electron chi connectivity index (χ4n) is 3.49. The Balaban J connectivity index is 1.43. The summed E-state index contributed by atoms with van der Waals surface area (Å²) in [4.78, 5) is 20.0. The predicted molar refractivity (Wildman–Crippen MR) is 92.9 cm³/mol. The Morgan fingerprint density at radius 2 is 2.21 bits per heavy atom. The van der Waals surface area contributed by atoms with Gasteiger partial charge in [0.05, 0.1) is 12.1 Å². The Hall–Kier alpha value is -2.02. The van der Waals surface area contributed by atoms with Crippen molar-refractivity contribution in [1.82, 2.24) is 25.0 Å². The number of likely N-dealkylation sites (tertiary alicyclic amines) is 1. The number of piperidine rings is 1. The van der Waals surface area contributed by atoms with Crippen molar-refractivity contribution in [1.29, 1.82) is 0 Å². The molecule has 1 N–H and O–H groups in total. The van der Waals surface area contributed by atoms with Gasteiger partial charge in [0.2, 0.25) is 0 Å². The summed E-state index contributed by atoms with van der Waals surface area (Å²) in [5.41, 5.74) is 1.24. The maximum atomic E-state index is 12.8. The first-order chi connectivity index (χ1) is 11.8. The zero-order valence-corrected chi connectivity index (χ0v) is 14.3. The summed E-state index contributed by atoms with van der Waals surface area (Å²) in [6, 6.07) is 8.74. The van der Waals surface area contributed by atoms with Gasteiger partial charge in [-0.05, 0) is 30.9 Å². The Kier molecular flexibility index (Phi) is 4.42. The number of nitrogens with one attached hydrogen (secondary N) is 1. The third kappa shape index (κ3) is 3.13. The molecule has 1 fully saturated rings. The minimum Gasteiger partial charge on any atom is -0.331 e. The molecule has 3 heterocycles. The van der Waals surface area contributed by atoms with Crippen molar-refractivity contribution >= 4 is 17.8 Å². The molecule has 2 aromatic rings. The van der Waals surface area contributed by atoms with Gasteiger partial charge in [-0.15, -0.1) is 11.8 Å². The molecule has 24 heavy (non-hydrogen) atoms. The van der Waals surface area contributed by atoms with Crippen LogP contribution in [0, 0.1) is 0 Å². The van der Waals surface area contributed by atoms with Gasteiger partial charge in [0.1, 0.15) is 12.7 Å². The Morgan fingerprint density at radius 1 is 1.29 bits per heavy atom. The number of carbonyl (C=O) groups excluding carboxylic acids is 1. The molecule has 2 aliphatic heterocycles. The highest BCUT2D eigenvalue weighted by atomic mass is 32.2. The molecule has 1 aromatic heterocycles. The zero-order chi connectivity index (χ0) is 16.4. The van der Waals surface area contributed by atoms with Crippen LogP contribution in [0.3, 0.4) is 0 Å². The van der Waals surface area contributed by atoms with Gasteiger partial charge >= 0.3 is 6.03 Å². The SMILES string of the molecule is O=C(N[C@H]1CCSc2ccccc21)N1CCC[C@@H](n2cncn2)C1. The minimum absolute atomic E-state index is 0.0338. The number of aromatic nitrogens is 3. The normalized spacial score (nSPS) is 23.6. The number of carbonyl (C=O) groups is 1. The van der Waals surface area contributed by atoms with Gasteiger partial charge in [0.15, 0.2) is 0 Å². The van der Waals surface area contributed by atoms with Crippen LogP contribution >= 0.6 is 11.8 Å². The van der Waals surface area contributed by atoms with Crippen LogP contribution in [0.15, 0.2) is 41.8 Å². The molecular weight excluding hydrogens is 322 g/mol. The Bertz CT molecular complexity index is 705. The van der Waals surface area contributed by atoms with Gasteiger partial charge in [-0.25, -0.2) is 14.5 Å². The lowest BCUT2D eigenvalue weighted by molar-refractivity contribution is 0.159. The monoisotopic (exact) mass is 343 g/mol. The molecule has 0 bridgehead atoms. The number of amides is 2. The zero-order valence-electron chi connectivity index (χ0n) is 13.5. The smallest absolute Gasteiger partial charge is 0.317 e. The van der Waals surface area contributed by atoms with Crippen LogP contribution < -0.4 is 5.32 Å². The first kappa shape index (κ1) is 15.5. The number of thioether (sulfide) groups is 1. The number of hydrogen-bond donors (Lipinski definition) is 1. The largest absolute Gasteiger partial charge is 0.331 e. The number of urea groups is 1. The average Bonchev–Trinajstić information content (AvgIpc) is 3.17. The lowest BCUT2D eigenvalue weighted by Gasteiger charge is -2.34. The summed E-state index contributed by atoms with van der Waals surface area (Å²) in [6.07, 6.45) is 6.30. The number of benzene rings is 1. The maximum Gasteiger partial charge on any atom is 0.317 e. The van der Waals surface area contributed by atoms with Crippen molar-refractivity contribution in [3.63, 3.8) is 0 Å². The second-order valence-electron chi connectivity index (χ2n) is 6.29. The quantitative estimate of drug-likeness (QED) is 0.911. The van der Waals surface area contributed by atoms with Crippen molar-refractivity contribution in [3.05, 3.63) is 42.5 Å². The van der Waals surface area contributed by atoms with Crippen molar-refractivity contribution < 1.29 is 4.79 Å². The van der Waals surface area contributed by atoms with E-state index >= 15 is 0 Å². The molecule has 6 nitrogen and oxygen atoms in total. The van der Waals surface area contributed by atoms with Gasteiger partial charge in [-0.2, -0.15) is 5.10 Å². The van der Waals surface area contributed by atoms with Gasteiger partial charge in [0.25, 0.3) is 0 Å². The van der Waals surface area contributed by atoms with E-state index < -0.39 is 0 Å². The van der Waals surface area contributed by atoms with E-state index in [2.05, 4.69) is 33.6 Å². The first-order valence-electron chi connectivity index (χ1n) is 8.42. The van der Waals surface area contributed by atoms with Gasteiger partial charge in [-0.3, -0.25) is 0 Å². The van der Waals surface area contributed by atoms with E-state index in [1.54, 1.807) is 12.7 Å². The lowest BCUT2D eigenvalue weighted by atomic mass is 10.0. The number of nitrogens with zero attached hydrogens (tertiary/aromatic N) is 4. The molecule has 0 radical (unpaired) electrons. The van der Waals surface area contributed by atoms with Crippen molar-refractivity contribution in [2.24, 2.45) is 0 Å². The summed E-state index contributed by atoms with van der Waals surface area (Å²) in [5.74, 6) is 1.05. The number of fused-ring (bicyclic) bond motifs is 1. The molecule has 4 rings (SSSR count). The number of hydrogen-bond acceptors (Lipinski definition) is 4. The van der Waals surface area contributed by atoms with Crippen molar-refractivity contribution in [2.75, 3.05) is 18.8 Å². The van der Waals surface area contributed by atoms with Crippen molar-refractivity contribution in [3.8, 4) is 0 Å². The van der Waals surface area contributed by atoms with Crippen molar-refractivity contribution in [2.45, 2.75) is 36.2 Å². The van der Waals surface area contributed by atoms with Crippen LogP contribution in [0.5, 0.6) is 0 Å². The second-order valence-corrected chi connectivity index (χ2v) is 7.43. The summed E-state index contributed by atoms with van der Waals surface area (Å²) in [5, 5.41) is 7.46. The molecule has 1 aromatic carbocycles. The van der Waals surface area contributed by atoms with E-state index in [4.69, 9.17) is 0 Å². The van der Waals surface area contributed by atoms with Crippen LogP contribution in [0.4, 0.5) is 4.79 Å². The maximum absolute atomic E-state index is 12.8. The molecule has 0 unspecified atom stereocenters. The van der Waals surface area contributed by atoms with Gasteiger partial charge in [-0.1, -0.05) is 18.2 Å². The van der Waals surface area contributed by atoms with E-state index in [1.807, 2.05) is 27.4 Å². The average molecular weight is 343 g/mol. The predicted octanol–water partition coefficient (Wildman–Crippen LogP) is 2.86. The summed E-state index contributed by atoms with van der Waals surface area (Å²) in [6.45, 7) is 1.50. The van der Waals surface area contributed by atoms with Gasteiger partial charge in [0, 0.05) is 23.7 Å². The summed E-state index contributed by atoms with van der Waals surface area (Å²) >= 11 is 1.87. The van der Waals surface area contributed by atoms with Crippen LogP contribution in [0.2, 0.25) is 0 Å². The third-order valence-electron chi connectivity index (χ3n) is 4.75. The summed E-state index contributed by atoms with van der Waals surface area (Å²) < 4.78 is 1.87. The van der Waals surface area contributed by atoms with Crippen LogP contribution in [-0.2, 0) is 0 Å². The molecule has 2 amide bonds. The molecule has 126 valence electrons. The molecule has 2 atom stereocenters. The van der Waals surface area contributed by atoms with Crippen LogP contribution in [-0.4, -0.2) is 44.5 Å². The first-order valence-corrected chi connectivity index (χ1v) is 9.41. The molecule has 2 aliphatic rings. The molecule has 0 saturated carbocycles. The highest BCUT2D eigenvalue weighted by Gasteiger charge is 2.28. The minimum atomic E-state index is 0.0338. The van der Waals surface area contributed by atoms with E-state index in [0.717, 1.165) is 31.6 Å². The molecular formula is C17H21N5OS. The van der Waals surface area contributed by atoms with E-state index in [1.165, 1.54) is 10.5 Å².